The first kappa shape index (κ1) is 5.94. The molecule has 0 saturated heterocycles. The van der Waals surface area contributed by atoms with Crippen molar-refractivity contribution < 1.29 is 4.52 Å². The first-order valence-electron chi connectivity index (χ1n) is 2.59. The van der Waals surface area contributed by atoms with E-state index in [1.807, 2.05) is 14.1 Å². The van der Waals surface area contributed by atoms with E-state index in [0.29, 0.717) is 11.5 Å². The smallest absolute Gasteiger partial charge is 0.194 e. The average Bonchev–Trinajstić information content (AvgIpc) is 2.13. The fourth-order valence-electron chi connectivity index (χ4n) is 0.578. The average molecular weight is 127 g/mol. The van der Waals surface area contributed by atoms with Crippen molar-refractivity contribution in [1.29, 1.82) is 0 Å². The number of nitrogens with zero attached hydrogens (tertiary/aromatic N) is 2. The van der Waals surface area contributed by atoms with Crippen molar-refractivity contribution >= 4 is 11.5 Å². The molecule has 4 nitrogen and oxygen atoms in total. The lowest BCUT2D eigenvalue weighted by molar-refractivity contribution is 0.421. The van der Waals surface area contributed by atoms with Gasteiger partial charge in [-0.1, -0.05) is 5.16 Å². The van der Waals surface area contributed by atoms with Crippen LogP contribution in [0.1, 0.15) is 0 Å². The van der Waals surface area contributed by atoms with E-state index in [4.69, 9.17) is 5.73 Å². The molecule has 0 bridgehead atoms. The Kier molecular flexibility index (Phi) is 1.30. The molecule has 0 spiro atoms. The predicted molar refractivity (Wildman–Crippen MR) is 35.2 cm³/mol. The molecule has 9 heavy (non-hydrogen) atoms. The Bertz CT molecular complexity index is 194. The van der Waals surface area contributed by atoms with Crippen LogP contribution in [0.3, 0.4) is 0 Å². The van der Waals surface area contributed by atoms with Crippen LogP contribution < -0.4 is 10.6 Å². The molecular weight excluding hydrogens is 118 g/mol. The molecule has 0 amide bonds. The van der Waals surface area contributed by atoms with Crippen LogP contribution in [0.2, 0.25) is 0 Å². The zero-order valence-electron chi connectivity index (χ0n) is 5.46. The number of aromatic nitrogens is 1. The zero-order valence-corrected chi connectivity index (χ0v) is 5.46. The van der Waals surface area contributed by atoms with Gasteiger partial charge in [-0.2, -0.15) is 0 Å². The van der Waals surface area contributed by atoms with Crippen molar-refractivity contribution in [3.05, 3.63) is 6.26 Å². The van der Waals surface area contributed by atoms with Crippen molar-refractivity contribution in [3.63, 3.8) is 0 Å². The van der Waals surface area contributed by atoms with Gasteiger partial charge in [0.15, 0.2) is 5.82 Å². The molecule has 1 heterocycles. The van der Waals surface area contributed by atoms with Crippen LogP contribution >= 0.6 is 0 Å². The van der Waals surface area contributed by atoms with E-state index in [1.54, 1.807) is 4.90 Å². The minimum atomic E-state index is 0.569. The highest BCUT2D eigenvalue weighted by atomic mass is 16.5. The molecule has 1 aromatic rings. The highest BCUT2D eigenvalue weighted by molar-refractivity contribution is 5.59. The Morgan fingerprint density at radius 3 is 2.56 bits per heavy atom. The summed E-state index contributed by atoms with van der Waals surface area (Å²) in [5.41, 5.74) is 6.01. The van der Waals surface area contributed by atoms with Crippen LogP contribution in [0.25, 0.3) is 0 Å². The van der Waals surface area contributed by atoms with Gasteiger partial charge in [0.05, 0.1) is 0 Å². The van der Waals surface area contributed by atoms with Gasteiger partial charge in [-0.15, -0.1) is 0 Å². The third-order valence-electron chi connectivity index (χ3n) is 1.00. The maximum Gasteiger partial charge on any atom is 0.194 e. The number of nitrogens with two attached hydrogens (primary N) is 1. The molecule has 2 N–H and O–H groups in total. The first-order chi connectivity index (χ1) is 4.22. The zero-order chi connectivity index (χ0) is 6.85. The number of rotatable bonds is 1. The van der Waals surface area contributed by atoms with Gasteiger partial charge in [-0.3, -0.25) is 0 Å². The van der Waals surface area contributed by atoms with Crippen LogP contribution in [-0.2, 0) is 0 Å². The lowest BCUT2D eigenvalue weighted by Crippen LogP contribution is -2.10. The Morgan fingerprint density at radius 1 is 1.67 bits per heavy atom. The summed E-state index contributed by atoms with van der Waals surface area (Å²) in [6, 6.07) is 0. The molecule has 0 radical (unpaired) electrons. The second-order valence-electron chi connectivity index (χ2n) is 1.99. The first-order valence-corrected chi connectivity index (χ1v) is 2.59. The molecule has 50 valence electrons. The van der Waals surface area contributed by atoms with Gasteiger partial charge < -0.3 is 15.2 Å². The fourth-order valence-corrected chi connectivity index (χ4v) is 0.578. The van der Waals surface area contributed by atoms with Crippen LogP contribution in [0.4, 0.5) is 11.5 Å². The summed E-state index contributed by atoms with van der Waals surface area (Å²) < 4.78 is 4.59. The van der Waals surface area contributed by atoms with Crippen LogP contribution in [-0.4, -0.2) is 19.3 Å². The van der Waals surface area contributed by atoms with Crippen LogP contribution in [0, 0.1) is 0 Å². The van der Waals surface area contributed by atoms with Crippen molar-refractivity contribution in [1.82, 2.24) is 5.16 Å². The quantitative estimate of drug-likeness (QED) is 0.590. The van der Waals surface area contributed by atoms with Gasteiger partial charge in [-0.05, 0) is 0 Å². The molecule has 0 aliphatic heterocycles. The predicted octanol–water partition coefficient (Wildman–Crippen LogP) is 0.323. The van der Waals surface area contributed by atoms with E-state index in [-0.39, 0.29) is 0 Å². The monoisotopic (exact) mass is 127 g/mol. The van der Waals surface area contributed by atoms with Crippen molar-refractivity contribution in [2.45, 2.75) is 0 Å². The van der Waals surface area contributed by atoms with Gasteiger partial charge in [0.2, 0.25) is 0 Å². The number of nitrogen functional groups attached to an aromatic ring is 1. The third kappa shape index (κ3) is 0.960. The van der Waals surface area contributed by atoms with Crippen LogP contribution in [0.5, 0.6) is 0 Å². The fraction of sp³-hybridized carbons (Fsp3) is 0.400. The summed E-state index contributed by atoms with van der Waals surface area (Å²) in [6.07, 6.45) is 1.41. The molecule has 0 saturated carbocycles. The standard InChI is InChI=1S/C5H9N3O/c1-8(2)5-4(6)3-9-7-5/h3H,6H2,1-2H3. The molecule has 0 aliphatic rings. The van der Waals surface area contributed by atoms with Gasteiger partial charge in [-0.25, -0.2) is 0 Å². The van der Waals surface area contributed by atoms with Crippen LogP contribution in [0.15, 0.2) is 10.8 Å². The normalized spacial score (nSPS) is 9.56. The lowest BCUT2D eigenvalue weighted by atomic mass is 10.5. The Hall–Kier alpha value is -1.19. The molecule has 0 fully saturated rings. The molecule has 0 aliphatic carbocycles. The maximum absolute atomic E-state index is 5.44. The Labute approximate surface area is 53.2 Å². The Balaban J connectivity index is 2.94. The molecule has 1 rings (SSSR count). The topological polar surface area (TPSA) is 55.3 Å². The lowest BCUT2D eigenvalue weighted by Gasteiger charge is -2.06. The van der Waals surface area contributed by atoms with E-state index >= 15 is 0 Å². The van der Waals surface area contributed by atoms with E-state index < -0.39 is 0 Å². The molecule has 0 aromatic carbocycles. The second-order valence-corrected chi connectivity index (χ2v) is 1.99. The molecule has 0 atom stereocenters. The summed E-state index contributed by atoms with van der Waals surface area (Å²) in [4.78, 5) is 1.79. The van der Waals surface area contributed by atoms with Gasteiger partial charge in [0.25, 0.3) is 0 Å². The van der Waals surface area contributed by atoms with Crippen molar-refractivity contribution in [2.24, 2.45) is 0 Å². The highest BCUT2D eigenvalue weighted by Gasteiger charge is 2.03. The largest absolute Gasteiger partial charge is 0.393 e. The second kappa shape index (κ2) is 1.97. The third-order valence-corrected chi connectivity index (χ3v) is 1.00. The summed E-state index contributed by atoms with van der Waals surface area (Å²) in [5, 5.41) is 3.64. The van der Waals surface area contributed by atoms with Gasteiger partial charge in [0, 0.05) is 14.1 Å². The highest BCUT2D eigenvalue weighted by Crippen LogP contribution is 2.16. The summed E-state index contributed by atoms with van der Waals surface area (Å²) >= 11 is 0. The SMILES string of the molecule is CN(C)c1nocc1N. The number of hydrogen-bond acceptors (Lipinski definition) is 4. The maximum atomic E-state index is 5.44. The minimum Gasteiger partial charge on any atom is -0.393 e. The summed E-state index contributed by atoms with van der Waals surface area (Å²) in [5.74, 6) is 0.676. The Morgan fingerprint density at radius 2 is 2.33 bits per heavy atom. The van der Waals surface area contributed by atoms with E-state index in [1.165, 1.54) is 6.26 Å². The molecule has 0 unspecified atom stereocenters. The van der Waals surface area contributed by atoms with E-state index in [2.05, 4.69) is 9.68 Å². The summed E-state index contributed by atoms with van der Waals surface area (Å²) in [6.45, 7) is 0. The number of anilines is 2. The summed E-state index contributed by atoms with van der Waals surface area (Å²) in [7, 11) is 3.71. The number of hydrogen-bond donors (Lipinski definition) is 1. The molecule has 4 heteroatoms. The molecular formula is C5H9N3O. The van der Waals surface area contributed by atoms with Gasteiger partial charge in [0.1, 0.15) is 12.0 Å². The molecule has 1 aromatic heterocycles. The van der Waals surface area contributed by atoms with Gasteiger partial charge >= 0.3 is 0 Å². The van der Waals surface area contributed by atoms with E-state index in [0.717, 1.165) is 0 Å². The van der Waals surface area contributed by atoms with Crippen molar-refractivity contribution in [3.8, 4) is 0 Å². The van der Waals surface area contributed by atoms with E-state index in [9.17, 15) is 0 Å². The minimum absolute atomic E-state index is 0.569. The van der Waals surface area contributed by atoms with Crippen molar-refractivity contribution in [2.75, 3.05) is 24.7 Å².